The van der Waals surface area contributed by atoms with Gasteiger partial charge in [-0.2, -0.15) is 0 Å². The van der Waals surface area contributed by atoms with Gasteiger partial charge in [-0.25, -0.2) is 4.79 Å². The maximum atomic E-state index is 12.9. The number of fused-ring (bicyclic) bond motifs is 1. The van der Waals surface area contributed by atoms with Gasteiger partial charge in [-0.1, -0.05) is 50.0 Å². The minimum atomic E-state index is -1.34. The zero-order chi connectivity index (χ0) is 25.0. The molecule has 0 amide bonds. The lowest BCUT2D eigenvalue weighted by Gasteiger charge is -2.47. The Labute approximate surface area is 207 Å². The minimum Gasteiger partial charge on any atom is -0.497 e. The predicted molar refractivity (Wildman–Crippen MR) is 131 cm³/mol. The number of hydrogen-bond acceptors (Lipinski definition) is 8. The third kappa shape index (κ3) is 6.49. The van der Waals surface area contributed by atoms with Gasteiger partial charge in [0, 0.05) is 20.2 Å². The average Bonchev–Trinajstić information content (AvgIpc) is 2.86. The lowest BCUT2D eigenvalue weighted by atomic mass is 9.97. The van der Waals surface area contributed by atoms with E-state index in [9.17, 15) is 9.90 Å². The smallest absolute Gasteiger partial charge is 0.338 e. The van der Waals surface area contributed by atoms with Crippen molar-refractivity contribution in [2.45, 2.75) is 62.7 Å². The second-order valence-corrected chi connectivity index (χ2v) is 15.6. The summed E-state index contributed by atoms with van der Waals surface area (Å²) in [5.74, 6) is 0.166. The van der Waals surface area contributed by atoms with Gasteiger partial charge in [-0.15, -0.1) is 0 Å². The highest BCUT2D eigenvalue weighted by Crippen LogP contribution is 2.36. The van der Waals surface area contributed by atoms with E-state index in [1.807, 2.05) is 30.3 Å². The predicted octanol–water partition coefficient (Wildman–Crippen LogP) is 3.78. The monoisotopic (exact) mass is 502 g/mol. The van der Waals surface area contributed by atoms with Crippen LogP contribution in [0.4, 0.5) is 0 Å². The minimum absolute atomic E-state index is 0.196. The molecule has 0 spiro atoms. The molecule has 0 aliphatic carbocycles. The molecule has 0 radical (unpaired) electrons. The van der Waals surface area contributed by atoms with Crippen molar-refractivity contribution < 1.29 is 38.3 Å². The zero-order valence-corrected chi connectivity index (χ0v) is 21.6. The van der Waals surface area contributed by atoms with Crippen LogP contribution in [-0.2, 0) is 23.7 Å². The maximum absolute atomic E-state index is 12.9. The molecule has 2 aliphatic heterocycles. The highest BCUT2D eigenvalue weighted by Gasteiger charge is 2.52. The van der Waals surface area contributed by atoms with Gasteiger partial charge in [0.1, 0.15) is 24.1 Å². The SMILES string of the molecule is COc1ccc([C@@H]2OC[C@H]3O[C@@H](OCC[Si](C)(C)C)[C@H](O)[C@@H](OC(=O)c4ccccc4)[C@@H]3O2)cc1. The first-order chi connectivity index (χ1) is 16.7. The highest BCUT2D eigenvalue weighted by atomic mass is 28.3. The summed E-state index contributed by atoms with van der Waals surface area (Å²) in [4.78, 5) is 12.9. The van der Waals surface area contributed by atoms with Crippen LogP contribution >= 0.6 is 0 Å². The van der Waals surface area contributed by atoms with E-state index >= 15 is 0 Å². The molecule has 35 heavy (non-hydrogen) atoms. The molecule has 2 aliphatic rings. The van der Waals surface area contributed by atoms with Crippen LogP contribution in [0.15, 0.2) is 54.6 Å². The Kier molecular flexibility index (Phi) is 8.26. The van der Waals surface area contributed by atoms with Gasteiger partial charge < -0.3 is 33.5 Å². The fourth-order valence-corrected chi connectivity index (χ4v) is 4.74. The molecule has 2 heterocycles. The van der Waals surface area contributed by atoms with Crippen molar-refractivity contribution in [3.05, 3.63) is 65.7 Å². The van der Waals surface area contributed by atoms with Crippen LogP contribution in [0.5, 0.6) is 5.75 Å². The number of carbonyl (C=O) groups excluding carboxylic acids is 1. The van der Waals surface area contributed by atoms with Crippen molar-refractivity contribution in [1.82, 2.24) is 0 Å². The summed E-state index contributed by atoms with van der Waals surface area (Å²) in [6.07, 6.45) is -5.19. The van der Waals surface area contributed by atoms with E-state index in [0.29, 0.717) is 17.9 Å². The van der Waals surface area contributed by atoms with E-state index < -0.39 is 51.0 Å². The van der Waals surface area contributed by atoms with Crippen LogP contribution in [-0.4, -0.2) is 70.2 Å². The Hall–Kier alpha value is -2.27. The molecular formula is C26H34O8Si. The number of methoxy groups -OCH3 is 1. The fraction of sp³-hybridized carbons (Fsp3) is 0.500. The Morgan fingerprint density at radius 1 is 1.06 bits per heavy atom. The molecule has 0 aromatic heterocycles. The molecule has 0 unspecified atom stereocenters. The van der Waals surface area contributed by atoms with Crippen LogP contribution in [0.25, 0.3) is 0 Å². The molecule has 2 saturated heterocycles. The molecule has 190 valence electrons. The summed E-state index contributed by atoms with van der Waals surface area (Å²) < 4.78 is 35.1. The maximum Gasteiger partial charge on any atom is 0.338 e. The second kappa shape index (κ2) is 11.2. The number of benzene rings is 2. The van der Waals surface area contributed by atoms with Crippen LogP contribution in [0.3, 0.4) is 0 Å². The first-order valence-corrected chi connectivity index (χ1v) is 15.6. The third-order valence-electron chi connectivity index (χ3n) is 6.08. The summed E-state index contributed by atoms with van der Waals surface area (Å²) in [5.41, 5.74) is 1.16. The van der Waals surface area contributed by atoms with Gasteiger partial charge in [-0.05, 0) is 30.3 Å². The van der Waals surface area contributed by atoms with Crippen LogP contribution < -0.4 is 4.74 Å². The molecule has 2 fully saturated rings. The second-order valence-electron chi connectivity index (χ2n) is 9.99. The lowest BCUT2D eigenvalue weighted by Crippen LogP contribution is -2.63. The average molecular weight is 503 g/mol. The van der Waals surface area contributed by atoms with Crippen molar-refractivity contribution in [3.8, 4) is 5.75 Å². The van der Waals surface area contributed by atoms with E-state index in [0.717, 1.165) is 11.6 Å². The van der Waals surface area contributed by atoms with Gasteiger partial charge in [0.2, 0.25) is 0 Å². The third-order valence-corrected chi connectivity index (χ3v) is 7.79. The molecule has 1 N–H and O–H groups in total. The standard InChI is InChI=1S/C26H34O8Si/c1-29-19-12-10-18(11-13-19)25-31-16-20-22(34-25)23(33-24(28)17-8-6-5-7-9-17)21(27)26(32-20)30-14-15-35(2,3)4/h5-13,20-23,25-27H,14-16H2,1-4H3/t20-,21-,22-,23-,25-,26-/m1/s1. The van der Waals surface area contributed by atoms with E-state index in [1.165, 1.54) is 0 Å². The number of hydrogen-bond donors (Lipinski definition) is 1. The first kappa shape index (κ1) is 25.8. The van der Waals surface area contributed by atoms with E-state index in [2.05, 4.69) is 19.6 Å². The number of aliphatic hydroxyl groups is 1. The van der Waals surface area contributed by atoms with Crippen LogP contribution in [0, 0.1) is 0 Å². The van der Waals surface area contributed by atoms with Crippen LogP contribution in [0.1, 0.15) is 22.2 Å². The Morgan fingerprint density at radius 3 is 2.43 bits per heavy atom. The highest BCUT2D eigenvalue weighted by molar-refractivity contribution is 6.76. The summed E-state index contributed by atoms with van der Waals surface area (Å²) in [6, 6.07) is 16.9. The Balaban J connectivity index is 1.52. The van der Waals surface area contributed by atoms with Gasteiger partial charge in [-0.3, -0.25) is 0 Å². The topological polar surface area (TPSA) is 92.7 Å². The quantitative estimate of drug-likeness (QED) is 0.431. The van der Waals surface area contributed by atoms with Crippen LogP contribution in [0.2, 0.25) is 25.7 Å². The lowest BCUT2D eigenvalue weighted by molar-refractivity contribution is -0.360. The number of rotatable bonds is 8. The van der Waals surface area contributed by atoms with Crippen molar-refractivity contribution in [2.75, 3.05) is 20.3 Å². The first-order valence-electron chi connectivity index (χ1n) is 11.9. The normalized spacial score (nSPS) is 28.7. The molecular weight excluding hydrogens is 468 g/mol. The largest absolute Gasteiger partial charge is 0.497 e. The van der Waals surface area contributed by atoms with Gasteiger partial charge >= 0.3 is 5.97 Å². The van der Waals surface area contributed by atoms with E-state index in [4.69, 9.17) is 28.4 Å². The molecule has 2 aromatic carbocycles. The van der Waals surface area contributed by atoms with Gasteiger partial charge in [0.25, 0.3) is 0 Å². The summed E-state index contributed by atoms with van der Waals surface area (Å²) in [7, 11) is 0.254. The van der Waals surface area contributed by atoms with Gasteiger partial charge in [0.15, 0.2) is 18.7 Å². The van der Waals surface area contributed by atoms with E-state index in [-0.39, 0.29) is 6.61 Å². The molecule has 2 aromatic rings. The number of ether oxygens (including phenoxy) is 6. The number of carbonyl (C=O) groups is 1. The summed E-state index contributed by atoms with van der Waals surface area (Å²) in [5, 5.41) is 11.2. The zero-order valence-electron chi connectivity index (χ0n) is 20.6. The molecule has 9 heteroatoms. The van der Waals surface area contributed by atoms with Crippen molar-refractivity contribution in [2.24, 2.45) is 0 Å². The Bertz CT molecular complexity index is 962. The van der Waals surface area contributed by atoms with Crippen molar-refractivity contribution in [3.63, 3.8) is 0 Å². The summed E-state index contributed by atoms with van der Waals surface area (Å²) in [6.45, 7) is 7.39. The van der Waals surface area contributed by atoms with Gasteiger partial charge in [0.05, 0.1) is 19.3 Å². The molecule has 4 rings (SSSR count). The molecule has 0 saturated carbocycles. The van der Waals surface area contributed by atoms with Crippen molar-refractivity contribution >= 4 is 14.0 Å². The Morgan fingerprint density at radius 2 is 1.77 bits per heavy atom. The molecule has 6 atom stereocenters. The van der Waals surface area contributed by atoms with Crippen molar-refractivity contribution in [1.29, 1.82) is 0 Å². The summed E-state index contributed by atoms with van der Waals surface area (Å²) >= 11 is 0. The molecule has 0 bridgehead atoms. The number of aliphatic hydroxyl groups excluding tert-OH is 1. The van der Waals surface area contributed by atoms with E-state index in [1.54, 1.807) is 31.4 Å². The number of esters is 1. The molecule has 8 nitrogen and oxygen atoms in total. The fourth-order valence-electron chi connectivity index (χ4n) is 4.01.